The zero-order valence-corrected chi connectivity index (χ0v) is 18.3. The summed E-state index contributed by atoms with van der Waals surface area (Å²) in [5.74, 6) is 0. The van der Waals surface area contributed by atoms with Crippen molar-refractivity contribution < 1.29 is 0 Å². The van der Waals surface area contributed by atoms with E-state index in [2.05, 4.69) is 108 Å². The number of benzene rings is 3. The van der Waals surface area contributed by atoms with Gasteiger partial charge in [-0.2, -0.15) is 0 Å². The molecular weight excluding hydrogens is 350 g/mol. The van der Waals surface area contributed by atoms with Crippen molar-refractivity contribution in [3.63, 3.8) is 0 Å². The Kier molecular flexibility index (Phi) is 4.78. The van der Waals surface area contributed by atoms with E-state index in [1.54, 1.807) is 0 Å². The first kappa shape index (κ1) is 19.4. The Labute approximate surface area is 174 Å². The number of aromatic nitrogens is 1. The maximum absolute atomic E-state index is 4.89. The quantitative estimate of drug-likeness (QED) is 0.346. The third-order valence-corrected chi connectivity index (χ3v) is 5.95. The molecule has 1 aromatic heterocycles. The average molecular weight is 380 g/mol. The maximum Gasteiger partial charge on any atom is 0.0714 e. The standard InChI is InChI=1S/C28H29N/c1-18-9-7-8-10-25(18)27-17-26(19(2)20(3)29-27)23-12-11-22-16-24(28(4,5)6)14-13-21(22)15-23/h7-17H,1-6H3. The van der Waals surface area contributed by atoms with Crippen molar-refractivity contribution in [3.8, 4) is 22.4 Å². The SMILES string of the molecule is Cc1ccccc1-c1cc(-c2ccc3cc(C(C)(C)C)ccc3c2)c(C)c(C)n1. The molecule has 0 saturated heterocycles. The van der Waals surface area contributed by atoms with E-state index in [-0.39, 0.29) is 5.41 Å². The third kappa shape index (κ3) is 3.70. The summed E-state index contributed by atoms with van der Waals surface area (Å²) >= 11 is 0. The minimum absolute atomic E-state index is 0.161. The highest BCUT2D eigenvalue weighted by Crippen LogP contribution is 2.33. The lowest BCUT2D eigenvalue weighted by molar-refractivity contribution is 0.591. The third-order valence-electron chi connectivity index (χ3n) is 5.95. The van der Waals surface area contributed by atoms with Gasteiger partial charge in [-0.15, -0.1) is 0 Å². The van der Waals surface area contributed by atoms with Gasteiger partial charge in [0.25, 0.3) is 0 Å². The van der Waals surface area contributed by atoms with Crippen LogP contribution in [0.15, 0.2) is 66.7 Å². The van der Waals surface area contributed by atoms with Crippen molar-refractivity contribution in [1.82, 2.24) is 4.98 Å². The van der Waals surface area contributed by atoms with Gasteiger partial charge in [0, 0.05) is 11.3 Å². The predicted octanol–water partition coefficient (Wildman–Crippen LogP) is 7.79. The number of nitrogens with zero attached hydrogens (tertiary/aromatic N) is 1. The summed E-state index contributed by atoms with van der Waals surface area (Å²) in [6.45, 7) is 13.2. The number of hydrogen-bond acceptors (Lipinski definition) is 1. The molecule has 0 spiro atoms. The topological polar surface area (TPSA) is 12.9 Å². The molecular formula is C28H29N. The van der Waals surface area contributed by atoms with E-state index in [9.17, 15) is 0 Å². The van der Waals surface area contributed by atoms with Gasteiger partial charge in [-0.1, -0.05) is 75.4 Å². The molecule has 0 N–H and O–H groups in total. The fraction of sp³-hybridized carbons (Fsp3) is 0.250. The van der Waals surface area contributed by atoms with E-state index in [0.717, 1.165) is 11.4 Å². The van der Waals surface area contributed by atoms with Gasteiger partial charge in [0.15, 0.2) is 0 Å². The molecule has 0 radical (unpaired) electrons. The van der Waals surface area contributed by atoms with Crippen LogP contribution in [0.4, 0.5) is 0 Å². The zero-order chi connectivity index (χ0) is 20.8. The first-order chi connectivity index (χ1) is 13.7. The number of pyridine rings is 1. The Morgan fingerprint density at radius 2 is 1.38 bits per heavy atom. The fourth-order valence-corrected chi connectivity index (χ4v) is 3.91. The molecule has 29 heavy (non-hydrogen) atoms. The van der Waals surface area contributed by atoms with Crippen LogP contribution in [0.25, 0.3) is 33.2 Å². The Morgan fingerprint density at radius 3 is 2.10 bits per heavy atom. The van der Waals surface area contributed by atoms with Crippen LogP contribution in [0.1, 0.15) is 43.2 Å². The lowest BCUT2D eigenvalue weighted by Gasteiger charge is -2.19. The fourth-order valence-electron chi connectivity index (χ4n) is 3.91. The van der Waals surface area contributed by atoms with Gasteiger partial charge in [-0.25, -0.2) is 0 Å². The molecule has 0 aliphatic heterocycles. The Hall–Kier alpha value is -2.93. The Morgan fingerprint density at radius 1 is 0.690 bits per heavy atom. The highest BCUT2D eigenvalue weighted by molar-refractivity contribution is 5.89. The van der Waals surface area contributed by atoms with E-state index in [1.165, 1.54) is 44.2 Å². The average Bonchev–Trinajstić information content (AvgIpc) is 2.69. The molecule has 0 aliphatic rings. The predicted molar refractivity (Wildman–Crippen MR) is 126 cm³/mol. The molecule has 1 nitrogen and oxygen atoms in total. The molecule has 0 bridgehead atoms. The van der Waals surface area contributed by atoms with Gasteiger partial charge in [0.2, 0.25) is 0 Å². The number of aryl methyl sites for hydroxylation is 2. The van der Waals surface area contributed by atoms with Gasteiger partial charge in [0.1, 0.15) is 0 Å². The first-order valence-electron chi connectivity index (χ1n) is 10.3. The van der Waals surface area contributed by atoms with Crippen molar-refractivity contribution in [2.24, 2.45) is 0 Å². The summed E-state index contributed by atoms with van der Waals surface area (Å²) in [5, 5.41) is 2.57. The highest BCUT2D eigenvalue weighted by Gasteiger charge is 2.15. The summed E-state index contributed by atoms with van der Waals surface area (Å²) in [6.07, 6.45) is 0. The summed E-state index contributed by atoms with van der Waals surface area (Å²) < 4.78 is 0. The van der Waals surface area contributed by atoms with Crippen LogP contribution in [-0.2, 0) is 5.41 Å². The van der Waals surface area contributed by atoms with Crippen molar-refractivity contribution in [2.45, 2.75) is 47.0 Å². The van der Waals surface area contributed by atoms with Crippen molar-refractivity contribution in [1.29, 1.82) is 0 Å². The van der Waals surface area contributed by atoms with Crippen molar-refractivity contribution in [3.05, 3.63) is 89.1 Å². The molecule has 0 fully saturated rings. The molecule has 0 unspecified atom stereocenters. The Bertz CT molecular complexity index is 1210. The molecule has 0 amide bonds. The number of hydrogen-bond donors (Lipinski definition) is 0. The van der Waals surface area contributed by atoms with Crippen LogP contribution in [0.2, 0.25) is 0 Å². The normalized spacial score (nSPS) is 11.8. The minimum Gasteiger partial charge on any atom is -0.253 e. The highest BCUT2D eigenvalue weighted by atomic mass is 14.7. The van der Waals surface area contributed by atoms with Crippen LogP contribution in [0.5, 0.6) is 0 Å². The van der Waals surface area contributed by atoms with Gasteiger partial charge >= 0.3 is 0 Å². The van der Waals surface area contributed by atoms with Crippen molar-refractivity contribution in [2.75, 3.05) is 0 Å². The lowest BCUT2D eigenvalue weighted by atomic mass is 9.85. The van der Waals surface area contributed by atoms with Crippen LogP contribution in [-0.4, -0.2) is 4.98 Å². The van der Waals surface area contributed by atoms with Crippen LogP contribution in [0, 0.1) is 20.8 Å². The molecule has 1 heteroatoms. The van der Waals surface area contributed by atoms with Crippen LogP contribution >= 0.6 is 0 Å². The largest absolute Gasteiger partial charge is 0.253 e. The van der Waals surface area contributed by atoms with Gasteiger partial charge in [0.05, 0.1) is 5.69 Å². The van der Waals surface area contributed by atoms with Crippen LogP contribution in [0.3, 0.4) is 0 Å². The van der Waals surface area contributed by atoms with E-state index in [1.807, 2.05) is 0 Å². The molecule has 0 atom stereocenters. The van der Waals surface area contributed by atoms with E-state index < -0.39 is 0 Å². The summed E-state index contributed by atoms with van der Waals surface area (Å²) in [6, 6.07) is 24.4. The maximum atomic E-state index is 4.89. The second-order valence-corrected chi connectivity index (χ2v) is 9.11. The van der Waals surface area contributed by atoms with Gasteiger partial charge in [-0.05, 0) is 76.9 Å². The molecule has 146 valence electrons. The van der Waals surface area contributed by atoms with Gasteiger partial charge in [-0.3, -0.25) is 4.98 Å². The molecule has 1 heterocycles. The smallest absolute Gasteiger partial charge is 0.0714 e. The molecule has 4 aromatic rings. The number of fused-ring (bicyclic) bond motifs is 1. The second-order valence-electron chi connectivity index (χ2n) is 9.11. The second kappa shape index (κ2) is 7.15. The summed E-state index contributed by atoms with van der Waals surface area (Å²) in [4.78, 5) is 4.89. The summed E-state index contributed by atoms with van der Waals surface area (Å²) in [5.41, 5.74) is 9.87. The van der Waals surface area contributed by atoms with Gasteiger partial charge < -0.3 is 0 Å². The Balaban J connectivity index is 1.86. The molecule has 0 aliphatic carbocycles. The number of rotatable bonds is 2. The molecule has 0 saturated carbocycles. The van der Waals surface area contributed by atoms with Crippen LogP contribution < -0.4 is 0 Å². The minimum atomic E-state index is 0.161. The van der Waals surface area contributed by atoms with E-state index in [0.29, 0.717) is 0 Å². The molecule has 3 aromatic carbocycles. The lowest BCUT2D eigenvalue weighted by Crippen LogP contribution is -2.10. The van der Waals surface area contributed by atoms with E-state index in [4.69, 9.17) is 4.98 Å². The monoisotopic (exact) mass is 379 g/mol. The summed E-state index contributed by atoms with van der Waals surface area (Å²) in [7, 11) is 0. The van der Waals surface area contributed by atoms with Crippen molar-refractivity contribution >= 4 is 10.8 Å². The van der Waals surface area contributed by atoms with E-state index >= 15 is 0 Å². The zero-order valence-electron chi connectivity index (χ0n) is 18.3. The first-order valence-corrected chi connectivity index (χ1v) is 10.3. The molecule has 4 rings (SSSR count).